The second-order valence-corrected chi connectivity index (χ2v) is 5.79. The number of aromatic nitrogens is 2. The molecule has 1 N–H and O–H groups in total. The standard InChI is InChI=1S/C17H22FN3/c1-2-8-21-9-7-19-17(21)11-14-10-13(3-6-16(14)18)12-20-15-4-5-15/h3,6-7,9-10,15,20H,2,4-5,8,11-12H2,1H3. The van der Waals surface area contributed by atoms with E-state index in [1.165, 1.54) is 12.8 Å². The smallest absolute Gasteiger partial charge is 0.126 e. The normalized spacial score (nSPS) is 14.6. The second kappa shape index (κ2) is 6.39. The third-order valence-electron chi connectivity index (χ3n) is 3.90. The Hall–Kier alpha value is -1.68. The van der Waals surface area contributed by atoms with Gasteiger partial charge in [0.05, 0.1) is 0 Å². The largest absolute Gasteiger partial charge is 0.335 e. The van der Waals surface area contributed by atoms with Crippen molar-refractivity contribution < 1.29 is 4.39 Å². The molecule has 0 saturated heterocycles. The summed E-state index contributed by atoms with van der Waals surface area (Å²) in [7, 11) is 0. The summed E-state index contributed by atoms with van der Waals surface area (Å²) in [4.78, 5) is 4.37. The van der Waals surface area contributed by atoms with Crippen molar-refractivity contribution in [1.82, 2.24) is 14.9 Å². The fraction of sp³-hybridized carbons (Fsp3) is 0.471. The van der Waals surface area contributed by atoms with Crippen molar-refractivity contribution in [3.05, 3.63) is 53.4 Å². The average Bonchev–Trinajstić information content (AvgIpc) is 3.21. The first-order chi connectivity index (χ1) is 10.3. The van der Waals surface area contributed by atoms with E-state index in [0.717, 1.165) is 36.5 Å². The fourth-order valence-corrected chi connectivity index (χ4v) is 2.55. The second-order valence-electron chi connectivity index (χ2n) is 5.79. The molecule has 0 unspecified atom stereocenters. The van der Waals surface area contributed by atoms with Crippen LogP contribution < -0.4 is 5.32 Å². The molecular formula is C17H22FN3. The summed E-state index contributed by atoms with van der Waals surface area (Å²) in [5, 5.41) is 3.47. The number of rotatable bonds is 7. The van der Waals surface area contributed by atoms with E-state index in [2.05, 4.69) is 21.8 Å². The zero-order valence-corrected chi connectivity index (χ0v) is 12.5. The van der Waals surface area contributed by atoms with Gasteiger partial charge in [-0.05, 0) is 36.5 Å². The van der Waals surface area contributed by atoms with Crippen molar-refractivity contribution >= 4 is 0 Å². The van der Waals surface area contributed by atoms with Crippen molar-refractivity contribution in [2.45, 2.75) is 51.7 Å². The maximum Gasteiger partial charge on any atom is 0.126 e. The van der Waals surface area contributed by atoms with E-state index in [4.69, 9.17) is 0 Å². The average molecular weight is 287 g/mol. The van der Waals surface area contributed by atoms with E-state index in [9.17, 15) is 4.39 Å². The number of nitrogens with zero attached hydrogens (tertiary/aromatic N) is 2. The Morgan fingerprint density at radius 1 is 1.38 bits per heavy atom. The minimum absolute atomic E-state index is 0.142. The van der Waals surface area contributed by atoms with E-state index in [1.54, 1.807) is 12.3 Å². The molecule has 1 aromatic carbocycles. The van der Waals surface area contributed by atoms with Gasteiger partial charge in [-0.25, -0.2) is 9.37 Å². The molecule has 1 aliphatic rings. The Kier molecular flexibility index (Phi) is 4.34. The Morgan fingerprint density at radius 3 is 3.00 bits per heavy atom. The Morgan fingerprint density at radius 2 is 2.24 bits per heavy atom. The summed E-state index contributed by atoms with van der Waals surface area (Å²) < 4.78 is 16.1. The highest BCUT2D eigenvalue weighted by atomic mass is 19.1. The van der Waals surface area contributed by atoms with Gasteiger partial charge in [-0.3, -0.25) is 0 Å². The molecule has 1 aliphatic carbocycles. The topological polar surface area (TPSA) is 29.9 Å². The summed E-state index contributed by atoms with van der Waals surface area (Å²) in [5.74, 6) is 0.791. The van der Waals surface area contributed by atoms with E-state index >= 15 is 0 Å². The Balaban J connectivity index is 1.73. The molecule has 21 heavy (non-hydrogen) atoms. The van der Waals surface area contributed by atoms with Crippen LogP contribution in [0.15, 0.2) is 30.6 Å². The molecule has 112 valence electrons. The minimum atomic E-state index is -0.142. The number of hydrogen-bond donors (Lipinski definition) is 1. The molecule has 1 saturated carbocycles. The molecule has 0 atom stereocenters. The van der Waals surface area contributed by atoms with Crippen LogP contribution in [-0.4, -0.2) is 15.6 Å². The molecular weight excluding hydrogens is 265 g/mol. The van der Waals surface area contributed by atoms with Gasteiger partial charge >= 0.3 is 0 Å². The molecule has 4 heteroatoms. The van der Waals surface area contributed by atoms with Crippen LogP contribution in [0.2, 0.25) is 0 Å². The molecule has 0 radical (unpaired) electrons. The van der Waals surface area contributed by atoms with Gasteiger partial charge in [0.25, 0.3) is 0 Å². The summed E-state index contributed by atoms with van der Waals surface area (Å²) in [6, 6.07) is 6.08. The van der Waals surface area contributed by atoms with Gasteiger partial charge in [0.15, 0.2) is 0 Å². The van der Waals surface area contributed by atoms with Crippen LogP contribution in [0.25, 0.3) is 0 Å². The number of imidazole rings is 1. The van der Waals surface area contributed by atoms with Gasteiger partial charge in [-0.15, -0.1) is 0 Å². The highest BCUT2D eigenvalue weighted by Crippen LogP contribution is 2.20. The molecule has 0 bridgehead atoms. The molecule has 2 aromatic rings. The van der Waals surface area contributed by atoms with E-state index in [0.29, 0.717) is 12.5 Å². The van der Waals surface area contributed by atoms with E-state index < -0.39 is 0 Å². The first-order valence-corrected chi connectivity index (χ1v) is 7.77. The molecule has 0 spiro atoms. The fourth-order valence-electron chi connectivity index (χ4n) is 2.55. The lowest BCUT2D eigenvalue weighted by atomic mass is 10.1. The predicted molar refractivity (Wildman–Crippen MR) is 81.6 cm³/mol. The minimum Gasteiger partial charge on any atom is -0.335 e. The lowest BCUT2D eigenvalue weighted by Crippen LogP contribution is -2.15. The molecule has 1 aromatic heterocycles. The zero-order valence-electron chi connectivity index (χ0n) is 12.5. The lowest BCUT2D eigenvalue weighted by Gasteiger charge is -2.09. The number of hydrogen-bond acceptors (Lipinski definition) is 2. The van der Waals surface area contributed by atoms with Crippen LogP contribution in [0.5, 0.6) is 0 Å². The number of halogens is 1. The summed E-state index contributed by atoms with van der Waals surface area (Å²) in [5.41, 5.74) is 1.88. The third kappa shape index (κ3) is 3.70. The Labute approximate surface area is 125 Å². The van der Waals surface area contributed by atoms with Crippen LogP contribution in [0, 0.1) is 5.82 Å². The van der Waals surface area contributed by atoms with E-state index in [-0.39, 0.29) is 5.82 Å². The van der Waals surface area contributed by atoms with Crippen LogP contribution in [0.3, 0.4) is 0 Å². The van der Waals surface area contributed by atoms with E-state index in [1.807, 2.05) is 18.3 Å². The molecule has 3 nitrogen and oxygen atoms in total. The summed E-state index contributed by atoms with van der Waals surface area (Å²) in [6.45, 7) is 3.88. The van der Waals surface area contributed by atoms with Crippen molar-refractivity contribution in [1.29, 1.82) is 0 Å². The third-order valence-corrected chi connectivity index (χ3v) is 3.90. The monoisotopic (exact) mass is 287 g/mol. The first-order valence-electron chi connectivity index (χ1n) is 7.77. The van der Waals surface area contributed by atoms with Gasteiger partial charge < -0.3 is 9.88 Å². The van der Waals surface area contributed by atoms with Crippen molar-refractivity contribution in [2.75, 3.05) is 0 Å². The maximum atomic E-state index is 14.0. The molecule has 0 aliphatic heterocycles. The van der Waals surface area contributed by atoms with Gasteiger partial charge in [0, 0.05) is 37.9 Å². The number of aryl methyl sites for hydroxylation is 1. The highest BCUT2D eigenvalue weighted by Gasteiger charge is 2.20. The Bertz CT molecular complexity index is 602. The molecule has 0 amide bonds. The van der Waals surface area contributed by atoms with Crippen LogP contribution in [0.1, 0.15) is 43.1 Å². The van der Waals surface area contributed by atoms with Crippen LogP contribution in [-0.2, 0) is 19.5 Å². The SMILES string of the molecule is CCCn1ccnc1Cc1cc(CNC2CC2)ccc1F. The number of nitrogens with one attached hydrogen (secondary N) is 1. The van der Waals surface area contributed by atoms with Gasteiger partial charge in [-0.1, -0.05) is 19.1 Å². The molecule has 1 fully saturated rings. The molecule has 3 rings (SSSR count). The van der Waals surface area contributed by atoms with Gasteiger partial charge in [-0.2, -0.15) is 0 Å². The zero-order chi connectivity index (χ0) is 14.7. The predicted octanol–water partition coefficient (Wildman–Crippen LogP) is 3.28. The highest BCUT2D eigenvalue weighted by molar-refractivity contribution is 5.27. The maximum absolute atomic E-state index is 14.0. The van der Waals surface area contributed by atoms with Gasteiger partial charge in [0.2, 0.25) is 0 Å². The lowest BCUT2D eigenvalue weighted by molar-refractivity contribution is 0.599. The first kappa shape index (κ1) is 14.3. The van der Waals surface area contributed by atoms with Gasteiger partial charge in [0.1, 0.15) is 11.6 Å². The summed E-state index contributed by atoms with van der Waals surface area (Å²) >= 11 is 0. The van der Waals surface area contributed by atoms with Crippen molar-refractivity contribution in [2.24, 2.45) is 0 Å². The number of benzene rings is 1. The van der Waals surface area contributed by atoms with Crippen molar-refractivity contribution in [3.63, 3.8) is 0 Å². The quantitative estimate of drug-likeness (QED) is 0.847. The summed E-state index contributed by atoms with van der Waals surface area (Å²) in [6.07, 6.45) is 7.90. The van der Waals surface area contributed by atoms with Crippen LogP contribution in [0.4, 0.5) is 4.39 Å². The van der Waals surface area contributed by atoms with Crippen LogP contribution >= 0.6 is 0 Å². The van der Waals surface area contributed by atoms with Crippen molar-refractivity contribution in [3.8, 4) is 0 Å². The molecule has 1 heterocycles.